The summed E-state index contributed by atoms with van der Waals surface area (Å²) in [5.41, 5.74) is -1.06. The smallest absolute Gasteiger partial charge is 0.348 e. The summed E-state index contributed by atoms with van der Waals surface area (Å²) < 4.78 is 5.45. The molecule has 0 unspecified atom stereocenters. The number of carbonyl (C=O) groups excluding carboxylic acids is 1. The largest absolute Gasteiger partial charge is 0.377 e. The molecule has 0 saturated heterocycles. The summed E-state index contributed by atoms with van der Waals surface area (Å²) in [4.78, 5) is 35.3. The number of carbonyl (C=O) groups is 1. The Labute approximate surface area is 89.6 Å². The normalized spacial score (nSPS) is 10.1. The summed E-state index contributed by atoms with van der Waals surface area (Å²) in [6, 6.07) is 0. The van der Waals surface area contributed by atoms with Gasteiger partial charge in [-0.15, -0.1) is 0 Å². The second kappa shape index (κ2) is 5.12. The van der Waals surface area contributed by atoms with Crippen LogP contribution < -0.4 is 5.69 Å². The summed E-state index contributed by atoms with van der Waals surface area (Å²) in [5, 5.41) is 10.4. The molecule has 1 heterocycles. The first-order chi connectivity index (χ1) is 7.54. The molecule has 86 valence electrons. The Bertz CT molecular complexity index is 467. The van der Waals surface area contributed by atoms with Crippen LogP contribution in [-0.4, -0.2) is 34.0 Å². The molecule has 16 heavy (non-hydrogen) atoms. The van der Waals surface area contributed by atoms with Crippen molar-refractivity contribution in [2.45, 2.75) is 6.54 Å². The molecule has 0 aromatic carbocycles. The van der Waals surface area contributed by atoms with Crippen molar-refractivity contribution in [1.82, 2.24) is 9.55 Å². The number of rotatable bonds is 5. The second-order valence-corrected chi connectivity index (χ2v) is 2.95. The number of aromatic nitrogens is 2. The average molecular weight is 227 g/mol. The van der Waals surface area contributed by atoms with Gasteiger partial charge in [-0.2, -0.15) is 4.98 Å². The molecule has 8 heteroatoms. The van der Waals surface area contributed by atoms with Crippen molar-refractivity contribution in [2.24, 2.45) is 0 Å². The standard InChI is InChI=1S/C8H9N3O5/c1-16-5-7(12)4-10-3-6(11(14)15)2-9-8(10)13/h2-3H,4-5H2,1H3. The molecule has 1 aromatic heterocycles. The first-order valence-corrected chi connectivity index (χ1v) is 4.26. The lowest BCUT2D eigenvalue weighted by Gasteiger charge is -2.02. The number of nitro groups is 1. The fraction of sp³-hybridized carbons (Fsp3) is 0.375. The Balaban J connectivity index is 2.94. The van der Waals surface area contributed by atoms with Gasteiger partial charge in [0.15, 0.2) is 5.78 Å². The van der Waals surface area contributed by atoms with E-state index in [0.29, 0.717) is 0 Å². The summed E-state index contributed by atoms with van der Waals surface area (Å²) in [5.74, 6) is -0.369. The Morgan fingerprint density at radius 3 is 2.94 bits per heavy atom. The third-order valence-electron chi connectivity index (χ3n) is 1.70. The minimum Gasteiger partial charge on any atom is -0.377 e. The molecule has 8 nitrogen and oxygen atoms in total. The molecule has 0 N–H and O–H groups in total. The van der Waals surface area contributed by atoms with Crippen LogP contribution >= 0.6 is 0 Å². The molecule has 0 atom stereocenters. The summed E-state index contributed by atoms with van der Waals surface area (Å²) in [7, 11) is 1.34. The van der Waals surface area contributed by atoms with Crippen molar-refractivity contribution >= 4 is 11.5 Å². The zero-order valence-electron chi connectivity index (χ0n) is 8.45. The minimum absolute atomic E-state index is 0.158. The number of hydrogen-bond acceptors (Lipinski definition) is 6. The third-order valence-corrected chi connectivity index (χ3v) is 1.70. The zero-order valence-corrected chi connectivity index (χ0v) is 8.45. The maximum Gasteiger partial charge on any atom is 0.348 e. The van der Waals surface area contributed by atoms with Crippen molar-refractivity contribution < 1.29 is 14.5 Å². The molecule has 0 aliphatic heterocycles. The topological polar surface area (TPSA) is 104 Å². The molecule has 1 rings (SSSR count). The maximum absolute atomic E-state index is 11.2. The fourth-order valence-electron chi connectivity index (χ4n) is 1.05. The number of nitrogens with zero attached hydrogens (tertiary/aromatic N) is 3. The van der Waals surface area contributed by atoms with Crippen LogP contribution in [0.2, 0.25) is 0 Å². The molecule has 0 aliphatic carbocycles. The predicted molar refractivity (Wildman–Crippen MR) is 52.0 cm³/mol. The van der Waals surface area contributed by atoms with Crippen molar-refractivity contribution in [3.63, 3.8) is 0 Å². The van der Waals surface area contributed by atoms with E-state index in [1.54, 1.807) is 0 Å². The second-order valence-electron chi connectivity index (χ2n) is 2.95. The van der Waals surface area contributed by atoms with E-state index in [1.165, 1.54) is 7.11 Å². The Morgan fingerprint density at radius 2 is 2.38 bits per heavy atom. The zero-order chi connectivity index (χ0) is 12.1. The molecule has 0 bridgehead atoms. The highest BCUT2D eigenvalue weighted by Gasteiger charge is 2.11. The van der Waals surface area contributed by atoms with Gasteiger partial charge in [0.1, 0.15) is 12.8 Å². The Kier molecular flexibility index (Phi) is 3.84. The van der Waals surface area contributed by atoms with E-state index in [-0.39, 0.29) is 24.6 Å². The molecule has 0 radical (unpaired) electrons. The van der Waals surface area contributed by atoms with Crippen LogP contribution in [0.4, 0.5) is 5.69 Å². The van der Waals surface area contributed by atoms with Crippen LogP contribution in [0.3, 0.4) is 0 Å². The average Bonchev–Trinajstić information content (AvgIpc) is 2.21. The van der Waals surface area contributed by atoms with Crippen molar-refractivity contribution in [3.05, 3.63) is 33.0 Å². The van der Waals surface area contributed by atoms with Crippen LogP contribution in [0.25, 0.3) is 0 Å². The van der Waals surface area contributed by atoms with E-state index in [2.05, 4.69) is 9.72 Å². The van der Waals surface area contributed by atoms with Gasteiger partial charge in [0.05, 0.1) is 17.7 Å². The SMILES string of the molecule is COCC(=O)Cn1cc([N+](=O)[O-])cnc1=O. The first kappa shape index (κ1) is 12.0. The van der Waals surface area contributed by atoms with E-state index in [0.717, 1.165) is 17.0 Å². The lowest BCUT2D eigenvalue weighted by molar-refractivity contribution is -0.385. The van der Waals surface area contributed by atoms with E-state index >= 15 is 0 Å². The van der Waals surface area contributed by atoms with Crippen molar-refractivity contribution in [3.8, 4) is 0 Å². The van der Waals surface area contributed by atoms with Gasteiger partial charge in [-0.05, 0) is 0 Å². The highest BCUT2D eigenvalue weighted by molar-refractivity contribution is 5.79. The molecule has 0 saturated carbocycles. The van der Waals surface area contributed by atoms with Gasteiger partial charge in [-0.1, -0.05) is 0 Å². The van der Waals surface area contributed by atoms with Gasteiger partial charge in [-0.25, -0.2) is 4.79 Å². The highest BCUT2D eigenvalue weighted by atomic mass is 16.6. The van der Waals surface area contributed by atoms with Crippen LogP contribution in [-0.2, 0) is 16.1 Å². The van der Waals surface area contributed by atoms with Gasteiger partial charge in [-0.3, -0.25) is 19.5 Å². The molecule has 0 spiro atoms. The molecule has 1 aromatic rings. The van der Waals surface area contributed by atoms with E-state index in [9.17, 15) is 19.7 Å². The molecule has 0 amide bonds. The van der Waals surface area contributed by atoms with Gasteiger partial charge >= 0.3 is 11.4 Å². The first-order valence-electron chi connectivity index (χ1n) is 4.26. The van der Waals surface area contributed by atoms with Crippen molar-refractivity contribution in [2.75, 3.05) is 13.7 Å². The molecule has 0 fully saturated rings. The van der Waals surface area contributed by atoms with Gasteiger partial charge in [0, 0.05) is 7.11 Å². The van der Waals surface area contributed by atoms with Crippen LogP contribution in [0.1, 0.15) is 0 Å². The van der Waals surface area contributed by atoms with Crippen LogP contribution in [0.15, 0.2) is 17.2 Å². The quantitative estimate of drug-likeness (QED) is 0.489. The predicted octanol–water partition coefficient (Wildman–Crippen LogP) is -0.633. The molecular formula is C8H9N3O5. The summed E-state index contributed by atoms with van der Waals surface area (Å²) in [6.45, 7) is -0.448. The molecule has 0 aliphatic rings. The van der Waals surface area contributed by atoms with Gasteiger partial charge in [0.25, 0.3) is 0 Å². The van der Waals surface area contributed by atoms with Crippen molar-refractivity contribution in [1.29, 1.82) is 0 Å². The Morgan fingerprint density at radius 1 is 1.69 bits per heavy atom. The van der Waals surface area contributed by atoms with Gasteiger partial charge in [0.2, 0.25) is 0 Å². The van der Waals surface area contributed by atoms with E-state index < -0.39 is 10.6 Å². The van der Waals surface area contributed by atoms with E-state index in [1.807, 2.05) is 0 Å². The van der Waals surface area contributed by atoms with Crippen LogP contribution in [0, 0.1) is 10.1 Å². The minimum atomic E-state index is -0.713. The highest BCUT2D eigenvalue weighted by Crippen LogP contribution is 2.04. The summed E-state index contributed by atoms with van der Waals surface area (Å²) >= 11 is 0. The fourth-order valence-corrected chi connectivity index (χ4v) is 1.05. The van der Waals surface area contributed by atoms with E-state index in [4.69, 9.17) is 0 Å². The monoisotopic (exact) mass is 227 g/mol. The number of ether oxygens (including phenoxy) is 1. The summed E-state index contributed by atoms with van der Waals surface area (Å²) in [6.07, 6.45) is 1.82. The lowest BCUT2D eigenvalue weighted by Crippen LogP contribution is -2.27. The lowest BCUT2D eigenvalue weighted by atomic mass is 10.4. The third kappa shape index (κ3) is 2.95. The number of methoxy groups -OCH3 is 1. The molecular weight excluding hydrogens is 218 g/mol. The Hall–Kier alpha value is -2.09. The number of Topliss-reactive ketones (excluding diaryl/α,β-unsaturated/α-hetero) is 1. The van der Waals surface area contributed by atoms with Gasteiger partial charge < -0.3 is 4.74 Å². The number of ketones is 1. The van der Waals surface area contributed by atoms with Crippen LogP contribution in [0.5, 0.6) is 0 Å². The maximum atomic E-state index is 11.2. The number of hydrogen-bond donors (Lipinski definition) is 0.